The monoisotopic (exact) mass is 458 g/mol. The molecule has 2 fully saturated rings. The van der Waals surface area contributed by atoms with Crippen LogP contribution >= 0.6 is 0 Å². The summed E-state index contributed by atoms with van der Waals surface area (Å²) < 4.78 is 11.0. The normalized spacial score (nSPS) is 27.0. The highest BCUT2D eigenvalue weighted by Crippen LogP contribution is 2.45. The summed E-state index contributed by atoms with van der Waals surface area (Å²) in [5.74, 6) is -0.265. The van der Waals surface area contributed by atoms with E-state index in [2.05, 4.69) is 24.3 Å². The minimum Gasteiger partial charge on any atom is -0.448 e. The van der Waals surface area contributed by atoms with Gasteiger partial charge >= 0.3 is 6.09 Å². The van der Waals surface area contributed by atoms with Gasteiger partial charge < -0.3 is 9.47 Å². The van der Waals surface area contributed by atoms with E-state index in [1.165, 1.54) is 11.1 Å². The van der Waals surface area contributed by atoms with Crippen molar-refractivity contribution in [3.8, 4) is 11.1 Å². The lowest BCUT2D eigenvalue weighted by Gasteiger charge is -2.32. The van der Waals surface area contributed by atoms with Crippen molar-refractivity contribution >= 4 is 18.5 Å². The van der Waals surface area contributed by atoms with Gasteiger partial charge in [0.15, 0.2) is 6.23 Å². The molecule has 1 aliphatic carbocycles. The van der Waals surface area contributed by atoms with Gasteiger partial charge in [0.2, 0.25) is 5.91 Å². The molecule has 7 heteroatoms. The first-order chi connectivity index (χ1) is 16.7. The van der Waals surface area contributed by atoms with Crippen LogP contribution in [-0.4, -0.2) is 59.7 Å². The fourth-order valence-corrected chi connectivity index (χ4v) is 6.14. The molecule has 0 aromatic heterocycles. The van der Waals surface area contributed by atoms with E-state index >= 15 is 0 Å². The summed E-state index contributed by atoms with van der Waals surface area (Å²) in [5, 5.41) is 0. The fraction of sp³-hybridized carbons (Fsp3) is 0.370. The maximum absolute atomic E-state index is 13.5. The van der Waals surface area contributed by atoms with E-state index in [0.29, 0.717) is 25.9 Å². The van der Waals surface area contributed by atoms with Crippen molar-refractivity contribution in [2.24, 2.45) is 5.92 Å². The number of carbonyl (C=O) groups is 3. The first-order valence-corrected chi connectivity index (χ1v) is 11.9. The van der Waals surface area contributed by atoms with Crippen LogP contribution in [0, 0.1) is 5.92 Å². The Morgan fingerprint density at radius 2 is 1.68 bits per heavy atom. The summed E-state index contributed by atoms with van der Waals surface area (Å²) in [6.07, 6.45) is 5.07. The van der Waals surface area contributed by atoms with Crippen molar-refractivity contribution in [1.82, 2.24) is 9.80 Å². The molecule has 2 saturated heterocycles. The number of carbonyl (C=O) groups excluding carboxylic acids is 3. The smallest absolute Gasteiger partial charge is 0.410 e. The molecule has 2 unspecified atom stereocenters. The van der Waals surface area contributed by atoms with Crippen LogP contribution in [-0.2, 0) is 19.1 Å². The Kier molecular flexibility index (Phi) is 5.12. The lowest BCUT2D eigenvalue weighted by molar-refractivity contribution is -0.154. The predicted octanol–water partition coefficient (Wildman–Crippen LogP) is 3.69. The van der Waals surface area contributed by atoms with Crippen molar-refractivity contribution in [2.45, 2.75) is 43.5 Å². The summed E-state index contributed by atoms with van der Waals surface area (Å²) in [6, 6.07) is 15.7. The van der Waals surface area contributed by atoms with Crippen molar-refractivity contribution < 1.29 is 23.9 Å². The van der Waals surface area contributed by atoms with E-state index < -0.39 is 18.4 Å². The Morgan fingerprint density at radius 1 is 0.971 bits per heavy atom. The second-order valence-electron chi connectivity index (χ2n) is 9.36. The Bertz CT molecular complexity index is 1130. The molecule has 3 aliphatic heterocycles. The molecular formula is C27H26N2O5. The number of hydrogen-bond donors (Lipinski definition) is 0. The van der Waals surface area contributed by atoms with Gasteiger partial charge in [-0.1, -0.05) is 60.7 Å². The molecule has 2 aromatic rings. The molecule has 6 rings (SSSR count). The van der Waals surface area contributed by atoms with Crippen molar-refractivity contribution in [3.63, 3.8) is 0 Å². The van der Waals surface area contributed by atoms with Gasteiger partial charge in [-0.05, 0) is 35.1 Å². The van der Waals surface area contributed by atoms with Gasteiger partial charge in [0.1, 0.15) is 12.6 Å². The molecule has 0 bridgehead atoms. The summed E-state index contributed by atoms with van der Waals surface area (Å²) in [4.78, 5) is 40.9. The average Bonchev–Trinajstić information content (AvgIpc) is 3.53. The number of hydrogen-bond acceptors (Lipinski definition) is 5. The SMILES string of the molecule is O=CO[C@@H]1CCC2C=C[C@H]3CCN(C(=O)OCC4c5ccccc5-c5ccccc54)C3C(=O)N21. The summed E-state index contributed by atoms with van der Waals surface area (Å²) in [6.45, 7) is 1.07. The molecule has 4 atom stereocenters. The Morgan fingerprint density at radius 3 is 2.38 bits per heavy atom. The molecule has 7 nitrogen and oxygen atoms in total. The predicted molar refractivity (Wildman–Crippen MR) is 124 cm³/mol. The minimum atomic E-state index is -0.632. The lowest BCUT2D eigenvalue weighted by Crippen LogP contribution is -2.52. The number of benzene rings is 2. The van der Waals surface area contributed by atoms with Crippen molar-refractivity contribution in [2.75, 3.05) is 13.2 Å². The van der Waals surface area contributed by atoms with Crippen LogP contribution < -0.4 is 0 Å². The number of nitrogens with zero attached hydrogens (tertiary/aromatic N) is 2. The van der Waals surface area contributed by atoms with Crippen molar-refractivity contribution in [3.05, 3.63) is 71.8 Å². The molecular weight excluding hydrogens is 432 g/mol. The van der Waals surface area contributed by atoms with E-state index in [9.17, 15) is 14.4 Å². The molecule has 0 N–H and O–H groups in total. The molecule has 174 valence electrons. The van der Waals surface area contributed by atoms with Crippen LogP contribution in [0.5, 0.6) is 0 Å². The number of fused-ring (bicyclic) bond motifs is 5. The maximum atomic E-state index is 13.5. The van der Waals surface area contributed by atoms with Gasteiger partial charge in [-0.2, -0.15) is 0 Å². The topological polar surface area (TPSA) is 76.1 Å². The van der Waals surface area contributed by atoms with Crippen LogP contribution in [0.2, 0.25) is 0 Å². The van der Waals surface area contributed by atoms with Gasteiger partial charge in [-0.15, -0.1) is 0 Å². The van der Waals surface area contributed by atoms with E-state index in [4.69, 9.17) is 9.47 Å². The molecule has 3 heterocycles. The molecule has 2 aromatic carbocycles. The largest absolute Gasteiger partial charge is 0.448 e. The van der Waals surface area contributed by atoms with Crippen LogP contribution in [0.1, 0.15) is 36.3 Å². The highest BCUT2D eigenvalue weighted by Gasteiger charge is 2.49. The molecule has 0 spiro atoms. The highest BCUT2D eigenvalue weighted by molar-refractivity contribution is 5.88. The zero-order chi connectivity index (χ0) is 23.2. The first kappa shape index (κ1) is 21.0. The Labute approximate surface area is 197 Å². The molecule has 0 saturated carbocycles. The fourth-order valence-electron chi connectivity index (χ4n) is 6.14. The van der Waals surface area contributed by atoms with Gasteiger partial charge in [0, 0.05) is 24.8 Å². The standard InChI is InChI=1S/C27H26N2O5/c30-16-34-24-12-11-18-10-9-17-13-14-28(25(17)26(31)29(18)24)27(32)33-15-23-21-7-3-1-5-19(21)20-6-2-4-8-22(20)23/h1-10,16-18,23-25H,11-15H2/t17-,18?,24+,25?/m0/s1. The lowest BCUT2D eigenvalue weighted by atomic mass is 9.98. The number of amides is 2. The van der Waals surface area contributed by atoms with E-state index in [0.717, 1.165) is 17.5 Å². The third-order valence-corrected chi connectivity index (χ3v) is 7.69. The van der Waals surface area contributed by atoms with E-state index in [1.807, 2.05) is 36.4 Å². The number of ether oxygens (including phenoxy) is 2. The minimum absolute atomic E-state index is 0.0344. The summed E-state index contributed by atoms with van der Waals surface area (Å²) in [5.41, 5.74) is 4.65. The quantitative estimate of drug-likeness (QED) is 0.516. The average molecular weight is 459 g/mol. The molecule has 4 aliphatic rings. The Hall–Kier alpha value is -3.61. The highest BCUT2D eigenvalue weighted by atomic mass is 16.6. The van der Waals surface area contributed by atoms with Gasteiger partial charge in [-0.3, -0.25) is 19.4 Å². The second kappa shape index (κ2) is 8.31. The summed E-state index contributed by atoms with van der Waals surface area (Å²) in [7, 11) is 0. The number of likely N-dealkylation sites (tertiary alicyclic amines) is 1. The summed E-state index contributed by atoms with van der Waals surface area (Å²) >= 11 is 0. The van der Waals surface area contributed by atoms with Crippen LogP contribution in [0.3, 0.4) is 0 Å². The van der Waals surface area contributed by atoms with Gasteiger partial charge in [0.05, 0.1) is 6.04 Å². The number of rotatable bonds is 4. The second-order valence-corrected chi connectivity index (χ2v) is 9.36. The zero-order valence-corrected chi connectivity index (χ0v) is 18.7. The van der Waals surface area contributed by atoms with Crippen LogP contribution in [0.25, 0.3) is 11.1 Å². The van der Waals surface area contributed by atoms with Gasteiger partial charge in [-0.25, -0.2) is 4.79 Å². The van der Waals surface area contributed by atoms with E-state index in [-0.39, 0.29) is 30.4 Å². The third kappa shape index (κ3) is 3.22. The zero-order valence-electron chi connectivity index (χ0n) is 18.7. The molecule has 0 radical (unpaired) electrons. The Balaban J connectivity index is 1.21. The molecule has 34 heavy (non-hydrogen) atoms. The van der Waals surface area contributed by atoms with Gasteiger partial charge in [0.25, 0.3) is 6.47 Å². The van der Waals surface area contributed by atoms with Crippen LogP contribution in [0.15, 0.2) is 60.7 Å². The van der Waals surface area contributed by atoms with E-state index in [1.54, 1.807) is 9.80 Å². The van der Waals surface area contributed by atoms with Crippen molar-refractivity contribution in [1.29, 1.82) is 0 Å². The van der Waals surface area contributed by atoms with Crippen LogP contribution in [0.4, 0.5) is 4.79 Å². The maximum Gasteiger partial charge on any atom is 0.410 e. The first-order valence-electron chi connectivity index (χ1n) is 11.9. The third-order valence-electron chi connectivity index (χ3n) is 7.69. The molecule has 2 amide bonds.